The second kappa shape index (κ2) is 6.14. The lowest BCUT2D eigenvalue weighted by molar-refractivity contribution is -0.137. The van der Waals surface area contributed by atoms with Gasteiger partial charge in [0.25, 0.3) is 5.91 Å². The summed E-state index contributed by atoms with van der Waals surface area (Å²) < 4.78 is 1.55. The van der Waals surface area contributed by atoms with Crippen molar-refractivity contribution in [1.82, 2.24) is 19.9 Å². The number of aliphatic carboxylic acids is 1. The van der Waals surface area contributed by atoms with Crippen molar-refractivity contribution in [2.45, 2.75) is 32.2 Å². The number of carboxylic acids is 1. The minimum absolute atomic E-state index is 0.0863. The Labute approximate surface area is 115 Å². The molecule has 7 heteroatoms. The van der Waals surface area contributed by atoms with E-state index in [1.54, 1.807) is 23.1 Å². The number of amides is 1. The lowest BCUT2D eigenvalue weighted by atomic mass is 10.1. The molecule has 20 heavy (non-hydrogen) atoms. The van der Waals surface area contributed by atoms with Crippen molar-refractivity contribution < 1.29 is 14.7 Å². The SMILES string of the molecule is CCCC(CC(=O)O)NC(=O)c1cnn2ccncc12. The topological polar surface area (TPSA) is 96.6 Å². The number of carbonyl (C=O) groups excluding carboxylic acids is 1. The molecule has 2 aromatic rings. The van der Waals surface area contributed by atoms with Gasteiger partial charge < -0.3 is 10.4 Å². The molecule has 0 bridgehead atoms. The smallest absolute Gasteiger partial charge is 0.305 e. The predicted octanol–water partition coefficient (Wildman–Crippen LogP) is 1.10. The van der Waals surface area contributed by atoms with Gasteiger partial charge in [-0.05, 0) is 6.42 Å². The average Bonchev–Trinajstić information content (AvgIpc) is 2.82. The van der Waals surface area contributed by atoms with E-state index >= 15 is 0 Å². The van der Waals surface area contributed by atoms with E-state index in [2.05, 4.69) is 15.4 Å². The highest BCUT2D eigenvalue weighted by Crippen LogP contribution is 2.10. The largest absolute Gasteiger partial charge is 0.481 e. The lowest BCUT2D eigenvalue weighted by Gasteiger charge is -2.15. The third-order valence-corrected chi connectivity index (χ3v) is 2.96. The molecule has 1 unspecified atom stereocenters. The van der Waals surface area contributed by atoms with Crippen LogP contribution in [0.5, 0.6) is 0 Å². The van der Waals surface area contributed by atoms with Crippen LogP contribution in [0.3, 0.4) is 0 Å². The summed E-state index contributed by atoms with van der Waals surface area (Å²) in [7, 11) is 0. The molecule has 0 fully saturated rings. The van der Waals surface area contributed by atoms with E-state index in [0.29, 0.717) is 17.5 Å². The van der Waals surface area contributed by atoms with Gasteiger partial charge in [-0.2, -0.15) is 5.10 Å². The summed E-state index contributed by atoms with van der Waals surface area (Å²) in [4.78, 5) is 26.9. The Morgan fingerprint density at radius 3 is 2.95 bits per heavy atom. The van der Waals surface area contributed by atoms with Gasteiger partial charge >= 0.3 is 5.97 Å². The van der Waals surface area contributed by atoms with Crippen LogP contribution in [0.25, 0.3) is 5.52 Å². The highest BCUT2D eigenvalue weighted by atomic mass is 16.4. The number of nitrogens with one attached hydrogen (secondary N) is 1. The zero-order valence-electron chi connectivity index (χ0n) is 11.1. The van der Waals surface area contributed by atoms with Gasteiger partial charge in [0, 0.05) is 18.4 Å². The number of carboxylic acid groups (broad SMARTS) is 1. The van der Waals surface area contributed by atoms with E-state index < -0.39 is 5.97 Å². The fourth-order valence-electron chi connectivity index (χ4n) is 2.06. The first kappa shape index (κ1) is 14.0. The van der Waals surface area contributed by atoms with Gasteiger partial charge in [0.05, 0.1) is 29.9 Å². The van der Waals surface area contributed by atoms with Crippen LogP contribution in [0.2, 0.25) is 0 Å². The fraction of sp³-hybridized carbons (Fsp3) is 0.385. The van der Waals surface area contributed by atoms with Crippen molar-refractivity contribution in [2.75, 3.05) is 0 Å². The Kier molecular flexibility index (Phi) is 4.29. The Hall–Kier alpha value is -2.44. The van der Waals surface area contributed by atoms with Crippen molar-refractivity contribution in [3.63, 3.8) is 0 Å². The molecule has 1 atom stereocenters. The molecular formula is C13H16N4O3. The zero-order valence-corrected chi connectivity index (χ0v) is 11.1. The molecule has 0 aliphatic carbocycles. The van der Waals surface area contributed by atoms with Gasteiger partial charge in [-0.3, -0.25) is 14.6 Å². The second-order valence-electron chi connectivity index (χ2n) is 4.52. The first-order chi connectivity index (χ1) is 9.61. The molecule has 0 aliphatic heterocycles. The summed E-state index contributed by atoms with van der Waals surface area (Å²) in [6, 6.07) is -0.378. The molecule has 2 heterocycles. The number of hydrogen-bond donors (Lipinski definition) is 2. The van der Waals surface area contributed by atoms with Crippen LogP contribution in [-0.2, 0) is 4.79 Å². The van der Waals surface area contributed by atoms with E-state index in [-0.39, 0.29) is 18.4 Å². The third kappa shape index (κ3) is 3.11. The molecule has 0 saturated carbocycles. The van der Waals surface area contributed by atoms with Gasteiger partial charge in [-0.25, -0.2) is 4.52 Å². The highest BCUT2D eigenvalue weighted by Gasteiger charge is 2.18. The van der Waals surface area contributed by atoms with Crippen LogP contribution >= 0.6 is 0 Å². The summed E-state index contributed by atoms with van der Waals surface area (Å²) in [5.74, 6) is -1.25. The number of rotatable bonds is 6. The fourth-order valence-corrected chi connectivity index (χ4v) is 2.06. The number of carbonyl (C=O) groups is 2. The average molecular weight is 276 g/mol. The van der Waals surface area contributed by atoms with Crippen LogP contribution in [-0.4, -0.2) is 37.6 Å². The monoisotopic (exact) mass is 276 g/mol. The van der Waals surface area contributed by atoms with Crippen molar-refractivity contribution in [3.05, 3.63) is 30.4 Å². The maximum Gasteiger partial charge on any atom is 0.305 e. The van der Waals surface area contributed by atoms with Crippen molar-refractivity contribution in [1.29, 1.82) is 0 Å². The number of fused-ring (bicyclic) bond motifs is 1. The number of nitrogens with zero attached hydrogens (tertiary/aromatic N) is 3. The minimum atomic E-state index is -0.926. The first-order valence-corrected chi connectivity index (χ1v) is 6.41. The summed E-state index contributed by atoms with van der Waals surface area (Å²) in [6.45, 7) is 1.94. The molecule has 106 valence electrons. The summed E-state index contributed by atoms with van der Waals surface area (Å²) in [6.07, 6.45) is 7.56. The molecule has 2 rings (SSSR count). The van der Waals surface area contributed by atoms with E-state index in [4.69, 9.17) is 5.11 Å². The van der Waals surface area contributed by atoms with Crippen LogP contribution in [0, 0.1) is 0 Å². The molecule has 1 amide bonds. The molecular weight excluding hydrogens is 260 g/mol. The molecule has 2 N–H and O–H groups in total. The van der Waals surface area contributed by atoms with Crippen LogP contribution in [0.4, 0.5) is 0 Å². The number of aromatic nitrogens is 3. The van der Waals surface area contributed by atoms with Crippen molar-refractivity contribution in [2.24, 2.45) is 0 Å². The lowest BCUT2D eigenvalue weighted by Crippen LogP contribution is -2.36. The molecule has 7 nitrogen and oxygen atoms in total. The van der Waals surface area contributed by atoms with Gasteiger partial charge in [-0.1, -0.05) is 13.3 Å². The maximum absolute atomic E-state index is 12.2. The normalized spacial score (nSPS) is 12.2. The predicted molar refractivity (Wildman–Crippen MR) is 71.4 cm³/mol. The maximum atomic E-state index is 12.2. The number of hydrogen-bond acceptors (Lipinski definition) is 4. The van der Waals surface area contributed by atoms with Crippen LogP contribution in [0.15, 0.2) is 24.8 Å². The highest BCUT2D eigenvalue weighted by molar-refractivity contribution is 6.00. The quantitative estimate of drug-likeness (QED) is 0.823. The van der Waals surface area contributed by atoms with Gasteiger partial charge in [0.1, 0.15) is 0 Å². The van der Waals surface area contributed by atoms with E-state index in [1.165, 1.54) is 6.20 Å². The molecule has 2 aromatic heterocycles. The summed E-state index contributed by atoms with van der Waals surface area (Å²) in [5.41, 5.74) is 0.986. The van der Waals surface area contributed by atoms with Crippen LogP contribution in [0.1, 0.15) is 36.5 Å². The minimum Gasteiger partial charge on any atom is -0.481 e. The van der Waals surface area contributed by atoms with Gasteiger partial charge in [0.15, 0.2) is 0 Å². The Morgan fingerprint density at radius 1 is 1.45 bits per heavy atom. The third-order valence-electron chi connectivity index (χ3n) is 2.96. The molecule has 0 aromatic carbocycles. The van der Waals surface area contributed by atoms with E-state index in [0.717, 1.165) is 6.42 Å². The summed E-state index contributed by atoms with van der Waals surface area (Å²) >= 11 is 0. The molecule has 0 spiro atoms. The molecule has 0 radical (unpaired) electrons. The standard InChI is InChI=1S/C13H16N4O3/c1-2-3-9(6-12(18)19)16-13(20)10-7-15-17-5-4-14-8-11(10)17/h4-5,7-9H,2-3,6H2,1H3,(H,16,20)(H,18,19). The van der Waals surface area contributed by atoms with E-state index in [9.17, 15) is 9.59 Å². The van der Waals surface area contributed by atoms with Crippen LogP contribution < -0.4 is 5.32 Å². The van der Waals surface area contributed by atoms with E-state index in [1.807, 2.05) is 6.92 Å². The Bertz CT molecular complexity index is 623. The Morgan fingerprint density at radius 2 is 2.25 bits per heavy atom. The summed E-state index contributed by atoms with van der Waals surface area (Å²) in [5, 5.41) is 15.6. The molecule has 0 aliphatic rings. The molecule has 0 saturated heterocycles. The van der Waals surface area contributed by atoms with Gasteiger partial charge in [-0.15, -0.1) is 0 Å². The first-order valence-electron chi connectivity index (χ1n) is 6.41. The van der Waals surface area contributed by atoms with Crippen molar-refractivity contribution in [3.8, 4) is 0 Å². The van der Waals surface area contributed by atoms with Gasteiger partial charge in [0.2, 0.25) is 0 Å². The van der Waals surface area contributed by atoms with Crippen molar-refractivity contribution >= 4 is 17.4 Å². The second-order valence-corrected chi connectivity index (χ2v) is 4.52. The zero-order chi connectivity index (χ0) is 14.5. The Balaban J connectivity index is 2.15.